The van der Waals surface area contributed by atoms with Crippen molar-refractivity contribution >= 4 is 24.5 Å². The number of carbonyl (C=O) groups is 1. The minimum Gasteiger partial charge on any atom is -0.444 e. The van der Waals surface area contributed by atoms with Crippen LogP contribution in [0.15, 0.2) is 30.3 Å². The van der Waals surface area contributed by atoms with Gasteiger partial charge in [-0.25, -0.2) is 4.79 Å². The summed E-state index contributed by atoms with van der Waals surface area (Å²) in [6.45, 7) is 15.7. The first-order valence-corrected chi connectivity index (χ1v) is 14.7. The third kappa shape index (κ3) is 9.16. The summed E-state index contributed by atoms with van der Waals surface area (Å²) in [6.07, 6.45) is -0.628. The Balaban J connectivity index is 3.26. The van der Waals surface area contributed by atoms with E-state index in [2.05, 4.69) is 39.2 Å². The van der Waals surface area contributed by atoms with Crippen molar-refractivity contribution in [3.63, 3.8) is 0 Å². The zero-order valence-corrected chi connectivity index (χ0v) is 21.4. The molecule has 0 saturated heterocycles. The molecule has 0 unspecified atom stereocenters. The minimum atomic E-state index is -3.81. The summed E-state index contributed by atoms with van der Waals surface area (Å²) in [5.41, 5.74) is -0.00767. The van der Waals surface area contributed by atoms with Crippen molar-refractivity contribution in [2.24, 2.45) is 0 Å². The van der Waals surface area contributed by atoms with Crippen molar-refractivity contribution in [1.29, 1.82) is 0 Å². The average molecular weight is 460 g/mol. The SMILES string of the molecule is CC(C)(C)OC(=O)N[C@H](c1ccccc1)[C@@H](CO[Si](C)(C)C(C)(C)C)OS(C)(=O)=O. The molecular formula is C21H37NO6SSi. The molecule has 1 aromatic rings. The van der Waals surface area contributed by atoms with Crippen molar-refractivity contribution in [1.82, 2.24) is 5.32 Å². The fourth-order valence-electron chi connectivity index (χ4n) is 2.40. The molecule has 7 nitrogen and oxygen atoms in total. The van der Waals surface area contributed by atoms with Gasteiger partial charge in [0.1, 0.15) is 11.7 Å². The zero-order valence-electron chi connectivity index (χ0n) is 19.6. The summed E-state index contributed by atoms with van der Waals surface area (Å²) in [7, 11) is -5.99. The number of nitrogens with one attached hydrogen (secondary N) is 1. The van der Waals surface area contributed by atoms with Crippen LogP contribution in [0.25, 0.3) is 0 Å². The molecule has 1 amide bonds. The first kappa shape index (κ1) is 26.6. The summed E-state index contributed by atoms with van der Waals surface area (Å²) in [6, 6.07) is 8.28. The molecule has 30 heavy (non-hydrogen) atoms. The van der Waals surface area contributed by atoms with Crippen LogP contribution in [0.4, 0.5) is 4.79 Å². The Bertz CT molecular complexity index is 797. The van der Waals surface area contributed by atoms with Gasteiger partial charge in [-0.05, 0) is 44.5 Å². The Labute approximate surface area is 182 Å². The Morgan fingerprint density at radius 3 is 2.03 bits per heavy atom. The third-order valence-corrected chi connectivity index (χ3v) is 10.0. The summed E-state index contributed by atoms with van der Waals surface area (Å²) >= 11 is 0. The summed E-state index contributed by atoms with van der Waals surface area (Å²) < 4.78 is 41.0. The first-order valence-electron chi connectivity index (χ1n) is 9.98. The second-order valence-electron chi connectivity index (χ2n) is 9.94. The predicted molar refractivity (Wildman–Crippen MR) is 121 cm³/mol. The lowest BCUT2D eigenvalue weighted by molar-refractivity contribution is 0.0395. The van der Waals surface area contributed by atoms with Gasteiger partial charge in [0.05, 0.1) is 18.9 Å². The molecule has 0 saturated carbocycles. The third-order valence-electron chi connectivity index (χ3n) is 4.92. The van der Waals surface area contributed by atoms with Crippen LogP contribution in [0, 0.1) is 0 Å². The van der Waals surface area contributed by atoms with E-state index in [1.165, 1.54) is 0 Å². The maximum Gasteiger partial charge on any atom is 0.408 e. The van der Waals surface area contributed by atoms with Gasteiger partial charge >= 0.3 is 6.09 Å². The van der Waals surface area contributed by atoms with Crippen LogP contribution < -0.4 is 5.32 Å². The van der Waals surface area contributed by atoms with Gasteiger partial charge in [-0.3, -0.25) is 4.18 Å². The van der Waals surface area contributed by atoms with Gasteiger partial charge in [-0.2, -0.15) is 8.42 Å². The summed E-state index contributed by atoms with van der Waals surface area (Å²) in [5.74, 6) is 0. The average Bonchev–Trinajstić information content (AvgIpc) is 2.54. The number of hydrogen-bond donors (Lipinski definition) is 1. The lowest BCUT2D eigenvalue weighted by Gasteiger charge is -2.38. The molecule has 0 fully saturated rings. The molecule has 0 radical (unpaired) electrons. The van der Waals surface area contributed by atoms with E-state index in [9.17, 15) is 13.2 Å². The fourth-order valence-corrected chi connectivity index (χ4v) is 4.03. The highest BCUT2D eigenvalue weighted by Crippen LogP contribution is 2.37. The Hall–Kier alpha value is -1.42. The van der Waals surface area contributed by atoms with Gasteiger partial charge in [0.15, 0.2) is 8.32 Å². The molecule has 1 rings (SSSR count). The van der Waals surface area contributed by atoms with Gasteiger partial charge in [0.2, 0.25) is 0 Å². The van der Waals surface area contributed by atoms with Crippen LogP contribution in [0.2, 0.25) is 18.1 Å². The van der Waals surface area contributed by atoms with Crippen molar-refractivity contribution < 1.29 is 26.6 Å². The first-order chi connectivity index (χ1) is 13.4. The van der Waals surface area contributed by atoms with Crippen LogP contribution in [-0.2, 0) is 23.5 Å². The Morgan fingerprint density at radius 2 is 1.60 bits per heavy atom. The zero-order chi connectivity index (χ0) is 23.4. The minimum absolute atomic E-state index is 0.0128. The fraction of sp³-hybridized carbons (Fsp3) is 0.667. The van der Waals surface area contributed by atoms with Gasteiger partial charge < -0.3 is 14.5 Å². The van der Waals surface area contributed by atoms with E-state index in [1.54, 1.807) is 32.9 Å². The molecule has 9 heteroatoms. The normalized spacial score (nSPS) is 15.4. The smallest absolute Gasteiger partial charge is 0.408 e. The second kappa shape index (κ2) is 9.80. The van der Waals surface area contributed by atoms with Crippen molar-refractivity contribution in [2.45, 2.75) is 77.4 Å². The van der Waals surface area contributed by atoms with Crippen molar-refractivity contribution in [3.8, 4) is 0 Å². The van der Waals surface area contributed by atoms with E-state index < -0.39 is 42.3 Å². The number of benzene rings is 1. The molecule has 0 heterocycles. The van der Waals surface area contributed by atoms with Gasteiger partial charge in [-0.15, -0.1) is 0 Å². The topological polar surface area (TPSA) is 90.9 Å². The van der Waals surface area contributed by atoms with E-state index in [4.69, 9.17) is 13.3 Å². The largest absolute Gasteiger partial charge is 0.444 e. The number of ether oxygens (including phenoxy) is 1. The molecule has 0 bridgehead atoms. The van der Waals surface area contributed by atoms with Crippen molar-refractivity contribution in [2.75, 3.05) is 12.9 Å². The molecule has 0 aliphatic carbocycles. The second-order valence-corrected chi connectivity index (χ2v) is 16.4. The highest BCUT2D eigenvalue weighted by atomic mass is 32.2. The molecule has 0 aliphatic heterocycles. The van der Waals surface area contributed by atoms with Gasteiger partial charge in [0.25, 0.3) is 10.1 Å². The molecule has 0 aromatic heterocycles. The lowest BCUT2D eigenvalue weighted by atomic mass is 10.0. The number of hydrogen-bond acceptors (Lipinski definition) is 6. The Morgan fingerprint density at radius 1 is 1.07 bits per heavy atom. The van der Waals surface area contributed by atoms with E-state index in [0.29, 0.717) is 5.56 Å². The summed E-state index contributed by atoms with van der Waals surface area (Å²) in [4.78, 5) is 12.5. The van der Waals surface area contributed by atoms with E-state index in [0.717, 1.165) is 6.26 Å². The highest BCUT2D eigenvalue weighted by molar-refractivity contribution is 7.86. The molecule has 1 aromatic carbocycles. The van der Waals surface area contributed by atoms with E-state index >= 15 is 0 Å². The Kier molecular flexibility index (Phi) is 8.70. The molecular weight excluding hydrogens is 422 g/mol. The lowest BCUT2D eigenvalue weighted by Crippen LogP contribution is -2.47. The molecule has 1 N–H and O–H groups in total. The maximum absolute atomic E-state index is 12.5. The van der Waals surface area contributed by atoms with Crippen LogP contribution >= 0.6 is 0 Å². The number of amides is 1. The molecule has 2 atom stereocenters. The number of rotatable bonds is 8. The van der Waals surface area contributed by atoms with Crippen LogP contribution in [-0.4, -0.2) is 47.4 Å². The number of carbonyl (C=O) groups excluding carboxylic acids is 1. The predicted octanol–water partition coefficient (Wildman–Crippen LogP) is 4.62. The highest BCUT2D eigenvalue weighted by Gasteiger charge is 2.39. The molecule has 172 valence electrons. The van der Waals surface area contributed by atoms with Crippen LogP contribution in [0.3, 0.4) is 0 Å². The van der Waals surface area contributed by atoms with Crippen molar-refractivity contribution in [3.05, 3.63) is 35.9 Å². The molecule has 0 spiro atoms. The van der Waals surface area contributed by atoms with E-state index in [-0.39, 0.29) is 11.6 Å². The van der Waals surface area contributed by atoms with Crippen LogP contribution in [0.5, 0.6) is 0 Å². The quantitative estimate of drug-likeness (QED) is 0.451. The maximum atomic E-state index is 12.5. The van der Waals surface area contributed by atoms with Crippen LogP contribution in [0.1, 0.15) is 53.1 Å². The number of alkyl carbamates (subject to hydrolysis) is 1. The van der Waals surface area contributed by atoms with E-state index in [1.807, 2.05) is 18.2 Å². The monoisotopic (exact) mass is 459 g/mol. The molecule has 0 aliphatic rings. The summed E-state index contributed by atoms with van der Waals surface area (Å²) in [5, 5.41) is 2.71. The van der Waals surface area contributed by atoms with Gasteiger partial charge in [-0.1, -0.05) is 51.1 Å². The van der Waals surface area contributed by atoms with Gasteiger partial charge in [0, 0.05) is 0 Å². The standard InChI is InChI=1S/C21H37NO6SSi/c1-20(2,3)27-19(23)22-18(16-13-11-10-12-14-16)17(28-29(7,24)25)15-26-30(8,9)21(4,5)6/h10-14,17-18H,15H2,1-9H3,(H,22,23)/t17-,18-/m1/s1.